The number of halogens is 1. The quantitative estimate of drug-likeness (QED) is 0.148. The van der Waals surface area contributed by atoms with E-state index in [-0.39, 0.29) is 30.7 Å². The number of para-hydroxylation sites is 1. The number of aromatic nitrogens is 1. The van der Waals surface area contributed by atoms with Crippen molar-refractivity contribution in [2.24, 2.45) is 11.5 Å². The molecule has 11 heteroatoms. The SMILES string of the molecule is CN1C(=O)[C@H](CCCCN)NC(=O)[C@H](CCCN)NCc2cccc(c2)-c2ccc(Cl)cc2CNC(=O)[C@@H]1Cc1c[nH]c2ccccc12. The minimum atomic E-state index is -0.863. The molecule has 0 unspecified atom stereocenters. The molecule has 5 rings (SSSR count). The predicted octanol–water partition coefficient (Wildman–Crippen LogP) is 4.00. The van der Waals surface area contributed by atoms with E-state index in [0.717, 1.165) is 38.7 Å². The van der Waals surface area contributed by atoms with Gasteiger partial charge < -0.3 is 37.3 Å². The van der Waals surface area contributed by atoms with Gasteiger partial charge in [-0.2, -0.15) is 0 Å². The molecule has 0 saturated heterocycles. The minimum absolute atomic E-state index is 0.210. The minimum Gasteiger partial charge on any atom is -0.361 e. The van der Waals surface area contributed by atoms with Crippen molar-refractivity contribution in [2.75, 3.05) is 20.1 Å². The number of carbonyl (C=O) groups is 3. The summed E-state index contributed by atoms with van der Waals surface area (Å²) in [6, 6.07) is 19.3. The van der Waals surface area contributed by atoms with E-state index in [2.05, 4.69) is 27.0 Å². The lowest BCUT2D eigenvalue weighted by atomic mass is 9.97. The number of nitrogens with two attached hydrogens (primary N) is 2. The zero-order valence-electron chi connectivity index (χ0n) is 27.4. The number of hydrogen-bond acceptors (Lipinski definition) is 6. The number of rotatable bonds is 9. The highest BCUT2D eigenvalue weighted by Gasteiger charge is 2.34. The fraction of sp³-hybridized carbons (Fsp3) is 0.378. The normalized spacial score (nSPS) is 19.5. The number of fused-ring (bicyclic) bond motifs is 5. The first-order chi connectivity index (χ1) is 23.3. The van der Waals surface area contributed by atoms with Gasteiger partial charge in [0.05, 0.1) is 6.04 Å². The molecule has 1 aliphatic heterocycles. The van der Waals surface area contributed by atoms with E-state index in [1.807, 2.05) is 66.9 Å². The number of nitrogens with zero attached hydrogens (tertiary/aromatic N) is 1. The summed E-state index contributed by atoms with van der Waals surface area (Å²) in [5.74, 6) is -0.923. The van der Waals surface area contributed by atoms with Crippen LogP contribution in [-0.4, -0.2) is 65.9 Å². The Morgan fingerprint density at radius 3 is 2.46 bits per heavy atom. The lowest BCUT2D eigenvalue weighted by Gasteiger charge is -2.32. The molecule has 254 valence electrons. The Hall–Kier alpha value is -4.22. The number of likely N-dealkylation sites (N-methyl/N-ethyl adjacent to an activating group) is 1. The van der Waals surface area contributed by atoms with Gasteiger partial charge in [0.2, 0.25) is 17.7 Å². The Morgan fingerprint density at radius 1 is 0.854 bits per heavy atom. The Bertz CT molecular complexity index is 1720. The van der Waals surface area contributed by atoms with E-state index in [4.69, 9.17) is 23.1 Å². The first-order valence-electron chi connectivity index (χ1n) is 16.7. The summed E-state index contributed by atoms with van der Waals surface area (Å²) in [6.45, 7) is 1.56. The molecule has 0 saturated carbocycles. The van der Waals surface area contributed by atoms with Crippen LogP contribution in [0.1, 0.15) is 48.8 Å². The average molecular weight is 672 g/mol. The zero-order chi connectivity index (χ0) is 34.0. The third kappa shape index (κ3) is 8.62. The van der Waals surface area contributed by atoms with Crippen LogP contribution in [0.3, 0.4) is 0 Å². The Labute approximate surface area is 287 Å². The topological polar surface area (TPSA) is 158 Å². The molecule has 1 aromatic heterocycles. The fourth-order valence-corrected chi connectivity index (χ4v) is 6.56. The molecule has 2 heterocycles. The molecule has 10 nitrogen and oxygen atoms in total. The van der Waals surface area contributed by atoms with Gasteiger partial charge in [-0.05, 0) is 97.3 Å². The zero-order valence-corrected chi connectivity index (χ0v) is 28.2. The van der Waals surface area contributed by atoms with Gasteiger partial charge >= 0.3 is 0 Å². The number of aromatic amines is 1. The van der Waals surface area contributed by atoms with Crippen LogP contribution in [0.5, 0.6) is 0 Å². The molecular weight excluding hydrogens is 626 g/mol. The first kappa shape index (κ1) is 35.1. The first-order valence-corrected chi connectivity index (χ1v) is 17.1. The number of amides is 3. The average Bonchev–Trinajstić information content (AvgIpc) is 3.51. The number of unbranched alkanes of at least 4 members (excludes halogenated alkanes) is 1. The van der Waals surface area contributed by atoms with Crippen LogP contribution in [0.2, 0.25) is 5.02 Å². The molecule has 0 aliphatic carbocycles. The van der Waals surface area contributed by atoms with E-state index in [1.165, 1.54) is 4.90 Å². The van der Waals surface area contributed by atoms with Crippen molar-refractivity contribution in [1.29, 1.82) is 0 Å². The molecule has 0 spiro atoms. The van der Waals surface area contributed by atoms with Crippen molar-refractivity contribution >= 4 is 40.2 Å². The third-order valence-corrected chi connectivity index (χ3v) is 9.33. The van der Waals surface area contributed by atoms with Crippen LogP contribution in [0.4, 0.5) is 0 Å². The van der Waals surface area contributed by atoms with Gasteiger partial charge in [-0.1, -0.05) is 54.1 Å². The molecule has 48 heavy (non-hydrogen) atoms. The second-order valence-corrected chi connectivity index (χ2v) is 12.9. The molecule has 8 N–H and O–H groups in total. The van der Waals surface area contributed by atoms with Crippen LogP contribution in [-0.2, 0) is 33.9 Å². The highest BCUT2D eigenvalue weighted by Crippen LogP contribution is 2.28. The summed E-state index contributed by atoms with van der Waals surface area (Å²) in [5.41, 5.74) is 17.2. The molecule has 3 amide bonds. The number of hydrogen-bond donors (Lipinski definition) is 6. The van der Waals surface area contributed by atoms with Crippen LogP contribution in [0.15, 0.2) is 72.9 Å². The maximum atomic E-state index is 14.3. The lowest BCUT2D eigenvalue weighted by Crippen LogP contribution is -2.57. The van der Waals surface area contributed by atoms with Gasteiger partial charge in [0, 0.05) is 48.7 Å². The summed E-state index contributed by atoms with van der Waals surface area (Å²) in [4.78, 5) is 47.1. The van der Waals surface area contributed by atoms with Gasteiger partial charge in [-0.15, -0.1) is 0 Å². The predicted molar refractivity (Wildman–Crippen MR) is 191 cm³/mol. The molecule has 2 bridgehead atoms. The molecule has 3 atom stereocenters. The number of benzene rings is 3. The molecule has 1 aliphatic rings. The maximum absolute atomic E-state index is 14.3. The maximum Gasteiger partial charge on any atom is 0.245 e. The summed E-state index contributed by atoms with van der Waals surface area (Å²) < 4.78 is 0. The van der Waals surface area contributed by atoms with Gasteiger partial charge in [-0.3, -0.25) is 14.4 Å². The molecule has 3 aromatic carbocycles. The van der Waals surface area contributed by atoms with Crippen molar-refractivity contribution in [3.05, 3.63) is 94.6 Å². The molecular formula is C37H46ClN7O3. The van der Waals surface area contributed by atoms with Crippen LogP contribution < -0.4 is 27.4 Å². The van der Waals surface area contributed by atoms with E-state index >= 15 is 0 Å². The van der Waals surface area contributed by atoms with Gasteiger partial charge in [0.1, 0.15) is 12.1 Å². The molecule has 0 fully saturated rings. The Balaban J connectivity index is 1.56. The van der Waals surface area contributed by atoms with Crippen molar-refractivity contribution in [2.45, 2.75) is 69.7 Å². The van der Waals surface area contributed by atoms with Crippen molar-refractivity contribution in [3.63, 3.8) is 0 Å². The molecule has 0 radical (unpaired) electrons. The summed E-state index contributed by atoms with van der Waals surface area (Å²) in [7, 11) is 1.64. The summed E-state index contributed by atoms with van der Waals surface area (Å²) in [5, 5.41) is 11.1. The van der Waals surface area contributed by atoms with Crippen molar-refractivity contribution in [1.82, 2.24) is 25.8 Å². The van der Waals surface area contributed by atoms with Crippen LogP contribution in [0.25, 0.3) is 22.0 Å². The standard InChI is InChI=1S/C37H46ClN7O3/c1-45-34(20-27-22-42-31-11-3-2-10-30(27)31)36(47)43-23-26-19-28(38)14-15-29(26)25-9-6-8-24(18-25)21-41-32(13-7-17-40)35(46)44-33(37(45)48)12-4-5-16-39/h2-3,6,8-11,14-15,18-19,22,32-34,41-42H,4-5,7,12-13,16-17,20-21,23,39-40H2,1H3,(H,43,47)(H,44,46)/t32-,33-,34-/m0/s1. The van der Waals surface area contributed by atoms with E-state index < -0.39 is 18.1 Å². The van der Waals surface area contributed by atoms with E-state index in [9.17, 15) is 14.4 Å². The lowest BCUT2D eigenvalue weighted by molar-refractivity contribution is -0.142. The van der Waals surface area contributed by atoms with Crippen LogP contribution >= 0.6 is 11.6 Å². The number of H-pyrrole nitrogens is 1. The summed E-state index contributed by atoms with van der Waals surface area (Å²) >= 11 is 6.45. The number of nitrogens with one attached hydrogen (secondary N) is 4. The van der Waals surface area contributed by atoms with E-state index in [0.29, 0.717) is 56.8 Å². The molecule has 4 aromatic rings. The van der Waals surface area contributed by atoms with Gasteiger partial charge in [-0.25, -0.2) is 0 Å². The van der Waals surface area contributed by atoms with E-state index in [1.54, 1.807) is 7.05 Å². The highest BCUT2D eigenvalue weighted by molar-refractivity contribution is 6.30. The Kier molecular flexibility index (Phi) is 12.2. The van der Waals surface area contributed by atoms with Crippen molar-refractivity contribution in [3.8, 4) is 11.1 Å². The second-order valence-electron chi connectivity index (χ2n) is 12.5. The van der Waals surface area contributed by atoms with Crippen molar-refractivity contribution < 1.29 is 14.4 Å². The van der Waals surface area contributed by atoms with Gasteiger partial charge in [0.15, 0.2) is 0 Å². The third-order valence-electron chi connectivity index (χ3n) is 9.09. The number of carbonyl (C=O) groups excluding carboxylic acids is 3. The largest absolute Gasteiger partial charge is 0.361 e. The van der Waals surface area contributed by atoms with Gasteiger partial charge in [0.25, 0.3) is 0 Å². The van der Waals surface area contributed by atoms with Crippen LogP contribution in [0, 0.1) is 0 Å². The highest BCUT2D eigenvalue weighted by atomic mass is 35.5. The second kappa shape index (κ2) is 16.7. The Morgan fingerprint density at radius 2 is 1.65 bits per heavy atom. The smallest absolute Gasteiger partial charge is 0.245 e. The summed E-state index contributed by atoms with van der Waals surface area (Å²) in [6.07, 6.45) is 5.04. The monoisotopic (exact) mass is 671 g/mol. The fourth-order valence-electron chi connectivity index (χ4n) is 6.36.